The van der Waals surface area contributed by atoms with E-state index >= 15 is 0 Å². The van der Waals surface area contributed by atoms with Crippen LogP contribution in [0.1, 0.15) is 43.1 Å². The highest BCUT2D eigenvalue weighted by molar-refractivity contribution is 6.31. The van der Waals surface area contributed by atoms with Crippen LogP contribution in [0.15, 0.2) is 12.3 Å². The van der Waals surface area contributed by atoms with Crippen LogP contribution in [0.5, 0.6) is 0 Å². The molecule has 1 fully saturated rings. The van der Waals surface area contributed by atoms with Crippen LogP contribution in [0, 0.1) is 5.92 Å². The van der Waals surface area contributed by atoms with Crippen LogP contribution in [-0.4, -0.2) is 39.5 Å². The van der Waals surface area contributed by atoms with Crippen molar-refractivity contribution < 1.29 is 14.7 Å². The zero-order chi connectivity index (χ0) is 15.4. The Hall–Kier alpha value is -1.49. The van der Waals surface area contributed by atoms with Crippen LogP contribution in [0.3, 0.4) is 0 Å². The first-order chi connectivity index (χ1) is 10.0. The van der Waals surface area contributed by atoms with E-state index in [2.05, 4.69) is 6.92 Å². The zero-order valence-electron chi connectivity index (χ0n) is 12.2. The smallest absolute Gasteiger partial charge is 0.303 e. The van der Waals surface area contributed by atoms with E-state index < -0.39 is 5.97 Å². The van der Waals surface area contributed by atoms with Gasteiger partial charge in [-0.3, -0.25) is 9.59 Å². The third kappa shape index (κ3) is 4.00. The average Bonchev–Trinajstić information content (AvgIpc) is 3.03. The lowest BCUT2D eigenvalue weighted by Gasteiger charge is -2.17. The van der Waals surface area contributed by atoms with Crippen LogP contribution in [0.2, 0.25) is 5.02 Å². The Morgan fingerprint density at radius 1 is 1.48 bits per heavy atom. The molecule has 0 aliphatic carbocycles. The van der Waals surface area contributed by atoms with Crippen molar-refractivity contribution >= 4 is 23.5 Å². The van der Waals surface area contributed by atoms with Crippen molar-refractivity contribution in [2.75, 3.05) is 13.1 Å². The monoisotopic (exact) mass is 312 g/mol. The number of aliphatic carboxylic acids is 1. The van der Waals surface area contributed by atoms with Gasteiger partial charge < -0.3 is 14.6 Å². The van der Waals surface area contributed by atoms with E-state index in [0.29, 0.717) is 30.2 Å². The van der Waals surface area contributed by atoms with Gasteiger partial charge in [-0.2, -0.15) is 0 Å². The third-order valence-corrected chi connectivity index (χ3v) is 4.09. The first kappa shape index (κ1) is 15.9. The van der Waals surface area contributed by atoms with Gasteiger partial charge in [0, 0.05) is 32.3 Å². The molecule has 1 amide bonds. The van der Waals surface area contributed by atoms with Crippen LogP contribution in [-0.2, 0) is 11.3 Å². The van der Waals surface area contributed by atoms with Crippen LogP contribution >= 0.6 is 11.6 Å². The number of carbonyl (C=O) groups excluding carboxylic acids is 1. The minimum absolute atomic E-state index is 0.00632. The number of rotatable bonds is 6. The Balaban J connectivity index is 1.99. The van der Waals surface area contributed by atoms with Gasteiger partial charge in [0.1, 0.15) is 5.69 Å². The second kappa shape index (κ2) is 6.98. The fourth-order valence-electron chi connectivity index (χ4n) is 2.82. The predicted molar refractivity (Wildman–Crippen MR) is 80.6 cm³/mol. The molecule has 1 unspecified atom stereocenters. The molecule has 21 heavy (non-hydrogen) atoms. The van der Waals surface area contributed by atoms with Gasteiger partial charge in [-0.15, -0.1) is 0 Å². The predicted octanol–water partition coefficient (Wildman–Crippen LogP) is 2.88. The SMILES string of the molecule is CCCn1cc(Cl)cc1C(=O)N1CCC(CCC(=O)O)C1. The van der Waals surface area contributed by atoms with Gasteiger partial charge in [0.05, 0.1) is 5.02 Å². The van der Waals surface area contributed by atoms with Crippen molar-refractivity contribution in [1.29, 1.82) is 0 Å². The molecule has 1 aromatic heterocycles. The largest absolute Gasteiger partial charge is 0.481 e. The number of carboxylic acids is 1. The van der Waals surface area contributed by atoms with Crippen molar-refractivity contribution in [1.82, 2.24) is 9.47 Å². The Labute approximate surface area is 129 Å². The maximum absolute atomic E-state index is 12.6. The molecule has 1 aromatic rings. The van der Waals surface area contributed by atoms with Gasteiger partial charge in [-0.25, -0.2) is 0 Å². The Bertz CT molecular complexity index is 527. The van der Waals surface area contributed by atoms with Crippen molar-refractivity contribution in [2.45, 2.75) is 39.2 Å². The number of carbonyl (C=O) groups is 2. The molecule has 1 N–H and O–H groups in total. The van der Waals surface area contributed by atoms with Gasteiger partial charge in [0.2, 0.25) is 0 Å². The highest BCUT2D eigenvalue weighted by atomic mass is 35.5. The molecule has 0 spiro atoms. The summed E-state index contributed by atoms with van der Waals surface area (Å²) < 4.78 is 1.90. The van der Waals surface area contributed by atoms with Crippen molar-refractivity contribution in [3.63, 3.8) is 0 Å². The van der Waals surface area contributed by atoms with Gasteiger partial charge >= 0.3 is 5.97 Å². The van der Waals surface area contributed by atoms with Gasteiger partial charge in [-0.1, -0.05) is 18.5 Å². The summed E-state index contributed by atoms with van der Waals surface area (Å²) in [6, 6.07) is 1.71. The summed E-state index contributed by atoms with van der Waals surface area (Å²) in [5.74, 6) is -0.494. The average molecular weight is 313 g/mol. The number of aryl methyl sites for hydroxylation is 1. The Morgan fingerprint density at radius 2 is 2.24 bits per heavy atom. The first-order valence-corrected chi connectivity index (χ1v) is 7.75. The number of aromatic nitrogens is 1. The lowest BCUT2D eigenvalue weighted by atomic mass is 10.0. The van der Waals surface area contributed by atoms with Gasteiger partial charge in [0.25, 0.3) is 5.91 Å². The highest BCUT2D eigenvalue weighted by Crippen LogP contribution is 2.24. The third-order valence-electron chi connectivity index (χ3n) is 3.89. The van der Waals surface area contributed by atoms with E-state index in [1.165, 1.54) is 0 Å². The molecular formula is C15H21ClN2O3. The topological polar surface area (TPSA) is 62.5 Å². The number of hydrogen-bond acceptors (Lipinski definition) is 2. The minimum atomic E-state index is -0.775. The molecule has 1 atom stereocenters. The van der Waals surface area contributed by atoms with Crippen molar-refractivity contribution in [3.05, 3.63) is 23.0 Å². The van der Waals surface area contributed by atoms with E-state index in [9.17, 15) is 9.59 Å². The summed E-state index contributed by atoms with van der Waals surface area (Å²) in [6.07, 6.45) is 4.41. The number of hydrogen-bond donors (Lipinski definition) is 1. The molecule has 2 heterocycles. The van der Waals surface area contributed by atoms with E-state index in [1.807, 2.05) is 9.47 Å². The minimum Gasteiger partial charge on any atom is -0.481 e. The fraction of sp³-hybridized carbons (Fsp3) is 0.600. The highest BCUT2D eigenvalue weighted by Gasteiger charge is 2.28. The molecule has 0 saturated carbocycles. The molecule has 0 radical (unpaired) electrons. The van der Waals surface area contributed by atoms with Gasteiger partial charge in [-0.05, 0) is 31.2 Å². The van der Waals surface area contributed by atoms with Crippen LogP contribution < -0.4 is 0 Å². The summed E-state index contributed by atoms with van der Waals surface area (Å²) in [5.41, 5.74) is 0.626. The molecule has 2 rings (SSSR count). The summed E-state index contributed by atoms with van der Waals surface area (Å²) in [4.78, 5) is 25.0. The van der Waals surface area contributed by atoms with E-state index in [4.69, 9.17) is 16.7 Å². The van der Waals surface area contributed by atoms with Crippen molar-refractivity contribution in [2.24, 2.45) is 5.92 Å². The number of amides is 1. The van der Waals surface area contributed by atoms with Crippen molar-refractivity contribution in [3.8, 4) is 0 Å². The molecule has 1 aliphatic rings. The maximum Gasteiger partial charge on any atom is 0.303 e. The number of nitrogens with zero attached hydrogens (tertiary/aromatic N) is 2. The Kier molecular flexibility index (Phi) is 5.28. The van der Waals surface area contributed by atoms with Gasteiger partial charge in [0.15, 0.2) is 0 Å². The molecule has 1 aliphatic heterocycles. The molecule has 116 valence electrons. The lowest BCUT2D eigenvalue weighted by Crippen LogP contribution is -2.30. The van der Waals surface area contributed by atoms with E-state index in [0.717, 1.165) is 19.4 Å². The van der Waals surface area contributed by atoms with E-state index in [1.54, 1.807) is 12.3 Å². The molecule has 6 heteroatoms. The Morgan fingerprint density at radius 3 is 2.90 bits per heavy atom. The lowest BCUT2D eigenvalue weighted by molar-refractivity contribution is -0.137. The van der Waals surface area contributed by atoms with Crippen LogP contribution in [0.25, 0.3) is 0 Å². The second-order valence-electron chi connectivity index (χ2n) is 5.58. The van der Waals surface area contributed by atoms with Crippen LogP contribution in [0.4, 0.5) is 0 Å². The zero-order valence-corrected chi connectivity index (χ0v) is 13.0. The molecule has 0 bridgehead atoms. The maximum atomic E-state index is 12.6. The molecule has 1 saturated heterocycles. The molecule has 0 aromatic carbocycles. The number of halogens is 1. The number of carboxylic acid groups (broad SMARTS) is 1. The molecular weight excluding hydrogens is 292 g/mol. The normalized spacial score (nSPS) is 18.2. The standard InChI is InChI=1S/C15H21ClN2O3/c1-2-6-17-10-12(16)8-13(17)15(21)18-7-5-11(9-18)3-4-14(19)20/h8,10-11H,2-7,9H2,1H3,(H,19,20). The van der Waals surface area contributed by atoms with E-state index in [-0.39, 0.29) is 18.2 Å². The summed E-state index contributed by atoms with van der Waals surface area (Å²) >= 11 is 6.01. The quantitative estimate of drug-likeness (QED) is 0.878. The number of likely N-dealkylation sites (tertiary alicyclic amines) is 1. The fourth-order valence-corrected chi connectivity index (χ4v) is 3.04. The summed E-state index contributed by atoms with van der Waals surface area (Å²) in [7, 11) is 0. The second-order valence-corrected chi connectivity index (χ2v) is 6.01. The molecule has 5 nitrogen and oxygen atoms in total. The summed E-state index contributed by atoms with van der Waals surface area (Å²) in [5, 5.41) is 9.30. The summed E-state index contributed by atoms with van der Waals surface area (Å²) in [6.45, 7) is 4.16. The first-order valence-electron chi connectivity index (χ1n) is 7.38.